The third-order valence-electron chi connectivity index (χ3n) is 5.33. The lowest BCUT2D eigenvalue weighted by Crippen LogP contribution is -2.43. The molecule has 1 aliphatic carbocycles. The van der Waals surface area contributed by atoms with Crippen molar-refractivity contribution >= 4 is 29.2 Å². The molecule has 1 unspecified atom stereocenters. The van der Waals surface area contributed by atoms with Gasteiger partial charge in [0.2, 0.25) is 0 Å². The van der Waals surface area contributed by atoms with Gasteiger partial charge in [0, 0.05) is 23.5 Å². The zero-order chi connectivity index (χ0) is 16.7. The zero-order valence-corrected chi connectivity index (χ0v) is 14.3. The van der Waals surface area contributed by atoms with Crippen LogP contribution < -0.4 is 0 Å². The molecule has 2 saturated heterocycles. The van der Waals surface area contributed by atoms with Crippen molar-refractivity contribution in [3.05, 3.63) is 22.4 Å². The van der Waals surface area contributed by atoms with Gasteiger partial charge in [-0.15, -0.1) is 11.3 Å². The molecule has 0 radical (unpaired) electrons. The van der Waals surface area contributed by atoms with E-state index in [0.29, 0.717) is 0 Å². The van der Waals surface area contributed by atoms with Gasteiger partial charge in [0.25, 0.3) is 0 Å². The van der Waals surface area contributed by atoms with Gasteiger partial charge < -0.3 is 0 Å². The second-order valence-electron chi connectivity index (χ2n) is 6.76. The largest absolute Gasteiger partial charge is 0.335 e. The Bertz CT molecular complexity index is 654. The van der Waals surface area contributed by atoms with Crippen LogP contribution in [0.3, 0.4) is 0 Å². The van der Waals surface area contributed by atoms with Gasteiger partial charge in [-0.2, -0.15) is 0 Å². The van der Waals surface area contributed by atoms with Crippen molar-refractivity contribution in [2.75, 3.05) is 13.2 Å². The highest BCUT2D eigenvalue weighted by molar-refractivity contribution is 7.10. The molecule has 3 heterocycles. The van der Waals surface area contributed by atoms with Gasteiger partial charge in [-0.25, -0.2) is 9.69 Å². The first-order valence-corrected chi connectivity index (χ1v) is 9.51. The lowest BCUT2D eigenvalue weighted by atomic mass is 10.2. The van der Waals surface area contributed by atoms with Crippen LogP contribution in [0.25, 0.3) is 0 Å². The van der Waals surface area contributed by atoms with Crippen LogP contribution in [-0.4, -0.2) is 51.8 Å². The highest BCUT2D eigenvalue weighted by Gasteiger charge is 2.49. The SMILES string of the molecule is O=C1C(=O)N(C2CCCC2)C(=O)N1CN1CCCC1c1cccs1. The Morgan fingerprint density at radius 2 is 1.83 bits per heavy atom. The van der Waals surface area contributed by atoms with Crippen LogP contribution in [0.15, 0.2) is 17.5 Å². The van der Waals surface area contributed by atoms with E-state index in [2.05, 4.69) is 11.0 Å². The summed E-state index contributed by atoms with van der Waals surface area (Å²) >= 11 is 1.70. The smallest absolute Gasteiger partial charge is 0.278 e. The third kappa shape index (κ3) is 2.56. The van der Waals surface area contributed by atoms with Gasteiger partial charge in [0.05, 0.1) is 6.67 Å². The molecule has 1 saturated carbocycles. The van der Waals surface area contributed by atoms with Crippen LogP contribution >= 0.6 is 11.3 Å². The number of hydrogen-bond donors (Lipinski definition) is 0. The Balaban J connectivity index is 1.50. The lowest BCUT2D eigenvalue weighted by Gasteiger charge is -2.28. The fraction of sp³-hybridized carbons (Fsp3) is 0.588. The molecule has 6 nitrogen and oxygen atoms in total. The third-order valence-corrected chi connectivity index (χ3v) is 6.31. The minimum atomic E-state index is -0.663. The number of rotatable bonds is 4. The van der Waals surface area contributed by atoms with Gasteiger partial charge in [-0.3, -0.25) is 19.4 Å². The average Bonchev–Trinajstić information content (AvgIpc) is 3.33. The number of urea groups is 1. The normalized spacial score (nSPS) is 26.3. The number of imide groups is 2. The van der Waals surface area contributed by atoms with Crippen molar-refractivity contribution in [3.8, 4) is 0 Å². The van der Waals surface area contributed by atoms with Gasteiger partial charge in [-0.05, 0) is 37.1 Å². The molecule has 0 bridgehead atoms. The van der Waals surface area contributed by atoms with Crippen LogP contribution in [0.4, 0.5) is 4.79 Å². The maximum Gasteiger partial charge on any atom is 0.335 e. The summed E-state index contributed by atoms with van der Waals surface area (Å²) in [4.78, 5) is 43.1. The van der Waals surface area contributed by atoms with Gasteiger partial charge in [0.15, 0.2) is 0 Å². The molecule has 3 fully saturated rings. The molecule has 1 atom stereocenters. The standard InChI is InChI=1S/C17H21N3O3S/c21-15-16(22)20(12-5-1-2-6-12)17(23)19(15)11-18-9-3-7-13(18)14-8-4-10-24-14/h4,8,10,12-13H,1-3,5-7,9,11H2. The maximum atomic E-state index is 12.7. The summed E-state index contributed by atoms with van der Waals surface area (Å²) in [5.41, 5.74) is 0. The van der Waals surface area contributed by atoms with Crippen molar-refractivity contribution in [1.29, 1.82) is 0 Å². The number of nitrogens with zero attached hydrogens (tertiary/aromatic N) is 3. The number of likely N-dealkylation sites (tertiary alicyclic amines) is 1. The lowest BCUT2D eigenvalue weighted by molar-refractivity contribution is -0.144. The monoisotopic (exact) mass is 347 g/mol. The maximum absolute atomic E-state index is 12.7. The first-order chi connectivity index (χ1) is 11.7. The first kappa shape index (κ1) is 15.8. The second-order valence-corrected chi connectivity index (χ2v) is 7.74. The molecule has 2 aliphatic heterocycles. The summed E-state index contributed by atoms with van der Waals surface area (Å²) in [5, 5.41) is 2.04. The van der Waals surface area contributed by atoms with Crippen molar-refractivity contribution < 1.29 is 14.4 Å². The molecule has 24 heavy (non-hydrogen) atoms. The summed E-state index contributed by atoms with van der Waals surface area (Å²) in [7, 11) is 0. The van der Waals surface area contributed by atoms with Crippen LogP contribution in [-0.2, 0) is 9.59 Å². The zero-order valence-electron chi connectivity index (χ0n) is 13.5. The van der Waals surface area contributed by atoms with Crippen LogP contribution in [0.5, 0.6) is 0 Å². The van der Waals surface area contributed by atoms with Crippen molar-refractivity contribution in [3.63, 3.8) is 0 Å². The summed E-state index contributed by atoms with van der Waals surface area (Å²) in [5.74, 6) is -1.30. The summed E-state index contributed by atoms with van der Waals surface area (Å²) in [6, 6.07) is 3.84. The van der Waals surface area contributed by atoms with E-state index in [4.69, 9.17) is 0 Å². The number of thiophene rings is 1. The number of amides is 4. The van der Waals surface area contributed by atoms with Crippen LogP contribution in [0.1, 0.15) is 49.4 Å². The first-order valence-electron chi connectivity index (χ1n) is 8.63. The molecule has 0 aromatic carbocycles. The molecule has 128 valence electrons. The van der Waals surface area contributed by atoms with Gasteiger partial charge >= 0.3 is 17.8 Å². The molecule has 0 spiro atoms. The Kier molecular flexibility index (Phi) is 4.14. The summed E-state index contributed by atoms with van der Waals surface area (Å²) < 4.78 is 0. The van der Waals surface area contributed by atoms with Gasteiger partial charge in [0.1, 0.15) is 0 Å². The molecule has 3 aliphatic rings. The molecule has 1 aromatic heterocycles. The van der Waals surface area contributed by atoms with E-state index in [1.165, 1.54) is 9.78 Å². The Morgan fingerprint density at radius 1 is 1.04 bits per heavy atom. The molecule has 4 amide bonds. The number of hydrogen-bond acceptors (Lipinski definition) is 5. The van der Waals surface area contributed by atoms with E-state index in [-0.39, 0.29) is 18.8 Å². The number of carbonyl (C=O) groups excluding carboxylic acids is 3. The molecular formula is C17H21N3O3S. The highest BCUT2D eigenvalue weighted by Crippen LogP contribution is 2.35. The predicted molar refractivity (Wildman–Crippen MR) is 89.2 cm³/mol. The van der Waals surface area contributed by atoms with E-state index < -0.39 is 17.8 Å². The second kappa shape index (κ2) is 6.29. The fourth-order valence-electron chi connectivity index (χ4n) is 4.11. The highest BCUT2D eigenvalue weighted by atomic mass is 32.1. The Labute approximate surface area is 145 Å². The minimum Gasteiger partial charge on any atom is -0.278 e. The van der Waals surface area contributed by atoms with Crippen molar-refractivity contribution in [2.24, 2.45) is 0 Å². The van der Waals surface area contributed by atoms with Crippen molar-refractivity contribution in [1.82, 2.24) is 14.7 Å². The minimum absolute atomic E-state index is 0.0920. The average molecular weight is 347 g/mol. The van der Waals surface area contributed by atoms with Crippen LogP contribution in [0.2, 0.25) is 0 Å². The van der Waals surface area contributed by atoms with E-state index in [1.54, 1.807) is 11.3 Å². The quantitative estimate of drug-likeness (QED) is 0.620. The molecule has 7 heteroatoms. The predicted octanol–water partition coefficient (Wildman–Crippen LogP) is 2.58. The summed E-state index contributed by atoms with van der Waals surface area (Å²) in [6.07, 6.45) is 5.74. The number of carbonyl (C=O) groups is 3. The molecule has 0 N–H and O–H groups in total. The van der Waals surface area contributed by atoms with Crippen molar-refractivity contribution in [2.45, 2.75) is 50.6 Å². The summed E-state index contributed by atoms with van der Waals surface area (Å²) in [6.45, 7) is 1.06. The Morgan fingerprint density at radius 3 is 2.54 bits per heavy atom. The van der Waals surface area contributed by atoms with E-state index >= 15 is 0 Å². The molecule has 4 rings (SSSR count). The molecular weight excluding hydrogens is 326 g/mol. The van der Waals surface area contributed by atoms with Gasteiger partial charge in [-0.1, -0.05) is 18.9 Å². The topological polar surface area (TPSA) is 60.9 Å². The van der Waals surface area contributed by atoms with E-state index in [9.17, 15) is 14.4 Å². The van der Waals surface area contributed by atoms with E-state index in [0.717, 1.165) is 50.0 Å². The fourth-order valence-corrected chi connectivity index (χ4v) is 5.01. The van der Waals surface area contributed by atoms with Crippen LogP contribution in [0, 0.1) is 0 Å². The Hall–Kier alpha value is -1.73. The van der Waals surface area contributed by atoms with E-state index in [1.807, 2.05) is 11.4 Å². The molecule has 1 aromatic rings.